The summed E-state index contributed by atoms with van der Waals surface area (Å²) in [6.45, 7) is 8.80. The molecular formula is C18H25NS. The topological polar surface area (TPSA) is 12.0 Å². The van der Waals surface area contributed by atoms with Crippen LogP contribution in [-0.2, 0) is 6.42 Å². The van der Waals surface area contributed by atoms with Crippen LogP contribution in [0.1, 0.15) is 36.5 Å². The highest BCUT2D eigenvalue weighted by molar-refractivity contribution is 7.07. The molecule has 1 N–H and O–H groups in total. The standard InChI is InChI=1S/C18H25NS/c1-14(2)11-19-12-18(10-16-8-9-20-13-16)17-6-4-15(3)5-7-17/h4-9,13-14,18-19H,10-12H2,1-3H3. The smallest absolute Gasteiger partial charge is 0.00234 e. The van der Waals surface area contributed by atoms with E-state index in [9.17, 15) is 0 Å². The third kappa shape index (κ3) is 4.77. The minimum Gasteiger partial charge on any atom is -0.316 e. The highest BCUT2D eigenvalue weighted by Gasteiger charge is 2.12. The second-order valence-corrected chi connectivity index (χ2v) is 6.78. The van der Waals surface area contributed by atoms with Crippen LogP contribution in [0.15, 0.2) is 41.1 Å². The maximum atomic E-state index is 3.61. The van der Waals surface area contributed by atoms with Crippen LogP contribution in [-0.4, -0.2) is 13.1 Å². The number of hydrogen-bond donors (Lipinski definition) is 1. The van der Waals surface area contributed by atoms with Gasteiger partial charge in [-0.05, 0) is 53.8 Å². The van der Waals surface area contributed by atoms with Crippen molar-refractivity contribution in [1.82, 2.24) is 5.32 Å². The van der Waals surface area contributed by atoms with Crippen LogP contribution in [0.3, 0.4) is 0 Å². The summed E-state index contributed by atoms with van der Waals surface area (Å²) in [5.74, 6) is 1.26. The maximum Gasteiger partial charge on any atom is 0.00234 e. The van der Waals surface area contributed by atoms with Crippen LogP contribution in [0.4, 0.5) is 0 Å². The molecule has 1 heterocycles. The molecule has 1 aromatic carbocycles. The Hall–Kier alpha value is -1.12. The van der Waals surface area contributed by atoms with E-state index in [1.807, 2.05) is 0 Å². The first-order valence-corrected chi connectivity index (χ1v) is 8.38. The summed E-state index contributed by atoms with van der Waals surface area (Å²) < 4.78 is 0. The zero-order valence-corrected chi connectivity index (χ0v) is 13.5. The van der Waals surface area contributed by atoms with Gasteiger partial charge in [0.05, 0.1) is 0 Å². The van der Waals surface area contributed by atoms with E-state index >= 15 is 0 Å². The normalized spacial score (nSPS) is 12.8. The molecule has 0 fully saturated rings. The van der Waals surface area contributed by atoms with Gasteiger partial charge >= 0.3 is 0 Å². The van der Waals surface area contributed by atoms with E-state index < -0.39 is 0 Å². The molecule has 0 aliphatic rings. The van der Waals surface area contributed by atoms with Gasteiger partial charge in [0.1, 0.15) is 0 Å². The molecule has 1 unspecified atom stereocenters. The van der Waals surface area contributed by atoms with Crippen molar-refractivity contribution in [1.29, 1.82) is 0 Å². The number of hydrogen-bond acceptors (Lipinski definition) is 2. The van der Waals surface area contributed by atoms with Gasteiger partial charge in [-0.15, -0.1) is 0 Å². The molecule has 108 valence electrons. The lowest BCUT2D eigenvalue weighted by Crippen LogP contribution is -2.26. The predicted octanol–water partition coefficient (Wildman–Crippen LogP) is 4.63. The fourth-order valence-electron chi connectivity index (χ4n) is 2.39. The Morgan fingerprint density at radius 2 is 1.80 bits per heavy atom. The molecular weight excluding hydrogens is 262 g/mol. The summed E-state index contributed by atoms with van der Waals surface area (Å²) in [6.07, 6.45) is 1.12. The molecule has 0 amide bonds. The second-order valence-electron chi connectivity index (χ2n) is 6.00. The molecule has 0 spiro atoms. The second kappa shape index (κ2) is 7.61. The predicted molar refractivity (Wildman–Crippen MR) is 89.7 cm³/mol. The Morgan fingerprint density at radius 3 is 2.40 bits per heavy atom. The van der Waals surface area contributed by atoms with Gasteiger partial charge in [-0.25, -0.2) is 0 Å². The van der Waals surface area contributed by atoms with Gasteiger partial charge in [-0.3, -0.25) is 0 Å². The van der Waals surface area contributed by atoms with Crippen LogP contribution in [0, 0.1) is 12.8 Å². The molecule has 0 saturated heterocycles. The summed E-state index contributed by atoms with van der Waals surface area (Å²) in [7, 11) is 0. The lowest BCUT2D eigenvalue weighted by Gasteiger charge is -2.19. The van der Waals surface area contributed by atoms with E-state index in [4.69, 9.17) is 0 Å². The Morgan fingerprint density at radius 1 is 1.05 bits per heavy atom. The van der Waals surface area contributed by atoms with Crippen molar-refractivity contribution in [3.05, 3.63) is 57.8 Å². The highest BCUT2D eigenvalue weighted by Crippen LogP contribution is 2.22. The molecule has 1 nitrogen and oxygen atoms in total. The number of benzene rings is 1. The zero-order valence-electron chi connectivity index (χ0n) is 12.7. The van der Waals surface area contributed by atoms with E-state index in [2.05, 4.69) is 67.2 Å². The summed E-state index contributed by atoms with van der Waals surface area (Å²) in [5.41, 5.74) is 4.23. The van der Waals surface area contributed by atoms with E-state index in [-0.39, 0.29) is 0 Å². The molecule has 0 radical (unpaired) electrons. The van der Waals surface area contributed by atoms with Crippen LogP contribution >= 0.6 is 11.3 Å². The van der Waals surface area contributed by atoms with Gasteiger partial charge in [0, 0.05) is 12.5 Å². The molecule has 0 aliphatic carbocycles. The summed E-state index contributed by atoms with van der Waals surface area (Å²) >= 11 is 1.79. The average Bonchev–Trinajstić information content (AvgIpc) is 2.91. The number of nitrogens with one attached hydrogen (secondary N) is 1. The van der Waals surface area contributed by atoms with Crippen LogP contribution in [0.5, 0.6) is 0 Å². The lowest BCUT2D eigenvalue weighted by atomic mass is 9.92. The van der Waals surface area contributed by atoms with Gasteiger partial charge < -0.3 is 5.32 Å². The van der Waals surface area contributed by atoms with Crippen molar-refractivity contribution in [3.63, 3.8) is 0 Å². The quantitative estimate of drug-likeness (QED) is 0.783. The van der Waals surface area contributed by atoms with E-state index in [1.165, 1.54) is 16.7 Å². The first kappa shape index (κ1) is 15.3. The fourth-order valence-corrected chi connectivity index (χ4v) is 3.07. The van der Waals surface area contributed by atoms with Crippen molar-refractivity contribution in [2.45, 2.75) is 33.1 Å². The minimum atomic E-state index is 0.559. The Kier molecular flexibility index (Phi) is 5.81. The first-order chi connectivity index (χ1) is 9.65. The molecule has 0 bridgehead atoms. The largest absolute Gasteiger partial charge is 0.316 e. The molecule has 0 saturated carbocycles. The molecule has 2 heteroatoms. The van der Waals surface area contributed by atoms with Crippen LogP contribution in [0.2, 0.25) is 0 Å². The number of thiophene rings is 1. The van der Waals surface area contributed by atoms with Crippen molar-refractivity contribution in [2.75, 3.05) is 13.1 Å². The third-order valence-electron chi connectivity index (χ3n) is 3.55. The Bertz CT molecular complexity index is 485. The molecule has 1 aromatic heterocycles. The van der Waals surface area contributed by atoms with E-state index in [1.54, 1.807) is 11.3 Å². The minimum absolute atomic E-state index is 0.559. The van der Waals surface area contributed by atoms with Gasteiger partial charge in [0.15, 0.2) is 0 Å². The van der Waals surface area contributed by atoms with Gasteiger partial charge in [-0.1, -0.05) is 43.7 Å². The molecule has 20 heavy (non-hydrogen) atoms. The highest BCUT2D eigenvalue weighted by atomic mass is 32.1. The Balaban J connectivity index is 2.04. The third-order valence-corrected chi connectivity index (χ3v) is 4.29. The van der Waals surface area contributed by atoms with Gasteiger partial charge in [-0.2, -0.15) is 11.3 Å². The fraction of sp³-hybridized carbons (Fsp3) is 0.444. The van der Waals surface area contributed by atoms with Crippen molar-refractivity contribution in [3.8, 4) is 0 Å². The molecule has 1 atom stereocenters. The maximum absolute atomic E-state index is 3.61. The summed E-state index contributed by atoms with van der Waals surface area (Å²) in [5, 5.41) is 8.05. The number of aryl methyl sites for hydroxylation is 1. The lowest BCUT2D eigenvalue weighted by molar-refractivity contribution is 0.514. The average molecular weight is 287 g/mol. The summed E-state index contributed by atoms with van der Waals surface area (Å²) in [6, 6.07) is 11.2. The van der Waals surface area contributed by atoms with Crippen molar-refractivity contribution >= 4 is 11.3 Å². The number of rotatable bonds is 7. The van der Waals surface area contributed by atoms with Crippen LogP contribution < -0.4 is 5.32 Å². The van der Waals surface area contributed by atoms with Crippen molar-refractivity contribution in [2.24, 2.45) is 5.92 Å². The van der Waals surface area contributed by atoms with Crippen molar-refractivity contribution < 1.29 is 0 Å². The molecule has 2 rings (SSSR count). The summed E-state index contributed by atoms with van der Waals surface area (Å²) in [4.78, 5) is 0. The zero-order chi connectivity index (χ0) is 14.4. The Labute approximate surface area is 127 Å². The van der Waals surface area contributed by atoms with Gasteiger partial charge in [0.2, 0.25) is 0 Å². The van der Waals surface area contributed by atoms with Crippen LogP contribution in [0.25, 0.3) is 0 Å². The monoisotopic (exact) mass is 287 g/mol. The van der Waals surface area contributed by atoms with Gasteiger partial charge in [0.25, 0.3) is 0 Å². The SMILES string of the molecule is Cc1ccc(C(CNCC(C)C)Cc2ccsc2)cc1. The molecule has 0 aliphatic heterocycles. The van der Waals surface area contributed by atoms with E-state index in [0.29, 0.717) is 11.8 Å². The first-order valence-electron chi connectivity index (χ1n) is 7.43. The molecule has 2 aromatic rings. The van der Waals surface area contributed by atoms with E-state index in [0.717, 1.165) is 19.5 Å².